The molecule has 0 spiro atoms. The fraction of sp³-hybridized carbons (Fsp3) is 0.583. The SMILES string of the molecule is CCSc1nc2c(=O)[nH]c(N)nc2n1[C@@H]1OC2CO[P+](O)(O)O[C@H]2C1O. The lowest BCUT2D eigenvalue weighted by Crippen LogP contribution is -2.40. The monoisotopic (exact) mass is 406 g/mol. The summed E-state index contributed by atoms with van der Waals surface area (Å²) in [4.78, 5) is 42.1. The van der Waals surface area contributed by atoms with Gasteiger partial charge < -0.3 is 15.6 Å². The van der Waals surface area contributed by atoms with Gasteiger partial charge in [0.15, 0.2) is 28.7 Å². The molecule has 2 aliphatic rings. The van der Waals surface area contributed by atoms with E-state index in [2.05, 4.69) is 15.0 Å². The third kappa shape index (κ3) is 2.90. The van der Waals surface area contributed by atoms with Crippen molar-refractivity contribution in [3.05, 3.63) is 10.4 Å². The van der Waals surface area contributed by atoms with Crippen molar-refractivity contribution in [3.8, 4) is 0 Å². The Kier molecular flexibility index (Phi) is 4.44. The van der Waals surface area contributed by atoms with Gasteiger partial charge in [0.25, 0.3) is 5.56 Å². The highest BCUT2D eigenvalue weighted by Gasteiger charge is 2.59. The molecule has 2 aliphatic heterocycles. The zero-order valence-corrected chi connectivity index (χ0v) is 15.2. The minimum atomic E-state index is -4.00. The van der Waals surface area contributed by atoms with Crippen molar-refractivity contribution in [2.24, 2.45) is 0 Å². The molecule has 0 saturated carbocycles. The van der Waals surface area contributed by atoms with Gasteiger partial charge in [-0.1, -0.05) is 18.7 Å². The Morgan fingerprint density at radius 3 is 2.96 bits per heavy atom. The molecule has 2 saturated heterocycles. The van der Waals surface area contributed by atoms with Crippen LogP contribution in [0, 0.1) is 0 Å². The number of ether oxygens (including phenoxy) is 1. The van der Waals surface area contributed by atoms with Crippen LogP contribution in [-0.4, -0.2) is 65.1 Å². The van der Waals surface area contributed by atoms with Crippen LogP contribution >= 0.6 is 19.9 Å². The van der Waals surface area contributed by atoms with E-state index in [1.807, 2.05) is 6.92 Å². The Labute approximate surface area is 151 Å². The van der Waals surface area contributed by atoms with E-state index in [-0.39, 0.29) is 23.7 Å². The van der Waals surface area contributed by atoms with Crippen LogP contribution in [0.4, 0.5) is 5.95 Å². The molecule has 4 rings (SSSR count). The van der Waals surface area contributed by atoms with Crippen molar-refractivity contribution in [2.45, 2.75) is 36.6 Å². The first-order chi connectivity index (χ1) is 12.3. The predicted octanol–water partition coefficient (Wildman–Crippen LogP) is -0.850. The van der Waals surface area contributed by atoms with Crippen LogP contribution in [0.15, 0.2) is 9.95 Å². The molecule has 0 radical (unpaired) electrons. The highest BCUT2D eigenvalue weighted by molar-refractivity contribution is 7.99. The van der Waals surface area contributed by atoms with E-state index < -0.39 is 38.3 Å². The van der Waals surface area contributed by atoms with Gasteiger partial charge in [0, 0.05) is 0 Å². The van der Waals surface area contributed by atoms with Gasteiger partial charge in [-0.15, -0.1) is 4.52 Å². The number of hydrogen-bond donors (Lipinski definition) is 5. The summed E-state index contributed by atoms with van der Waals surface area (Å²) in [5.74, 6) is 0.547. The minimum absolute atomic E-state index is 0.0594. The first-order valence-corrected chi connectivity index (χ1v) is 10.2. The molecule has 2 fully saturated rings. The second kappa shape index (κ2) is 6.39. The van der Waals surface area contributed by atoms with Crippen LogP contribution in [0.3, 0.4) is 0 Å². The summed E-state index contributed by atoms with van der Waals surface area (Å²) in [5, 5.41) is 11.1. The van der Waals surface area contributed by atoms with Crippen molar-refractivity contribution < 1.29 is 28.7 Å². The summed E-state index contributed by atoms with van der Waals surface area (Å²) in [6.45, 7) is 1.75. The first-order valence-electron chi connectivity index (χ1n) is 7.72. The van der Waals surface area contributed by atoms with Crippen molar-refractivity contribution in [1.82, 2.24) is 19.5 Å². The number of aliphatic hydroxyl groups excluding tert-OH is 1. The summed E-state index contributed by atoms with van der Waals surface area (Å²) in [5.41, 5.74) is 5.34. The zero-order chi connectivity index (χ0) is 18.6. The molecule has 12 nitrogen and oxygen atoms in total. The van der Waals surface area contributed by atoms with Crippen LogP contribution in [0.1, 0.15) is 13.2 Å². The molecule has 0 aromatic carbocycles. The average Bonchev–Trinajstić information content (AvgIpc) is 3.05. The van der Waals surface area contributed by atoms with E-state index in [1.165, 1.54) is 16.3 Å². The van der Waals surface area contributed by atoms with E-state index in [4.69, 9.17) is 19.5 Å². The number of anilines is 1. The van der Waals surface area contributed by atoms with E-state index in [0.717, 1.165) is 0 Å². The number of aliphatic hydroxyl groups is 1. The van der Waals surface area contributed by atoms with Gasteiger partial charge in [0.2, 0.25) is 5.95 Å². The second-order valence-corrected chi connectivity index (χ2v) is 8.41. The molecule has 6 N–H and O–H groups in total. The fourth-order valence-corrected chi connectivity index (χ4v) is 4.72. The van der Waals surface area contributed by atoms with E-state index in [1.54, 1.807) is 0 Å². The van der Waals surface area contributed by atoms with Crippen LogP contribution in [0.5, 0.6) is 0 Å². The van der Waals surface area contributed by atoms with Gasteiger partial charge in [-0.2, -0.15) is 19.3 Å². The summed E-state index contributed by atoms with van der Waals surface area (Å²) in [6, 6.07) is 0. The lowest BCUT2D eigenvalue weighted by Gasteiger charge is -2.24. The number of nitrogens with one attached hydrogen (secondary N) is 1. The summed E-state index contributed by atoms with van der Waals surface area (Å²) in [6.07, 6.45) is -4.01. The lowest BCUT2D eigenvalue weighted by atomic mass is 10.1. The molecule has 0 bridgehead atoms. The van der Waals surface area contributed by atoms with E-state index in [0.29, 0.717) is 10.9 Å². The number of aromatic amines is 1. The van der Waals surface area contributed by atoms with Gasteiger partial charge in [-0.3, -0.25) is 14.3 Å². The third-order valence-electron chi connectivity index (χ3n) is 4.04. The largest absolute Gasteiger partial charge is 0.570 e. The molecule has 2 unspecified atom stereocenters. The molecular formula is C12H17N5O7PS+. The number of hydrogen-bond acceptors (Lipinski definition) is 11. The number of rotatable bonds is 3. The maximum absolute atomic E-state index is 12.1. The van der Waals surface area contributed by atoms with Crippen molar-refractivity contribution in [1.29, 1.82) is 0 Å². The predicted molar refractivity (Wildman–Crippen MR) is 91.1 cm³/mol. The number of nitrogens with zero attached hydrogens (tertiary/aromatic N) is 3. The van der Waals surface area contributed by atoms with Gasteiger partial charge >= 0.3 is 8.17 Å². The number of nitrogens with two attached hydrogens (primary N) is 1. The molecule has 2 aromatic rings. The van der Waals surface area contributed by atoms with Crippen molar-refractivity contribution in [2.75, 3.05) is 18.1 Å². The first kappa shape index (κ1) is 18.1. The molecule has 4 atom stereocenters. The lowest BCUT2D eigenvalue weighted by molar-refractivity contribution is -0.0763. The number of H-pyrrole nitrogens is 1. The molecule has 142 valence electrons. The molecule has 0 amide bonds. The second-order valence-electron chi connectivity index (χ2n) is 5.73. The van der Waals surface area contributed by atoms with Gasteiger partial charge in [-0.25, -0.2) is 4.98 Å². The number of nitrogen functional groups attached to an aromatic ring is 1. The van der Waals surface area contributed by atoms with Gasteiger partial charge in [-0.05, 0) is 5.75 Å². The van der Waals surface area contributed by atoms with E-state index >= 15 is 0 Å². The summed E-state index contributed by atoms with van der Waals surface area (Å²) < 4.78 is 17.2. The van der Waals surface area contributed by atoms with Crippen LogP contribution in [0.2, 0.25) is 0 Å². The Morgan fingerprint density at radius 2 is 2.23 bits per heavy atom. The van der Waals surface area contributed by atoms with Crippen molar-refractivity contribution >= 4 is 37.0 Å². The van der Waals surface area contributed by atoms with E-state index in [9.17, 15) is 19.7 Å². The number of thioether (sulfide) groups is 1. The fourth-order valence-electron chi connectivity index (χ4n) is 3.00. The number of imidazole rings is 1. The van der Waals surface area contributed by atoms with Crippen molar-refractivity contribution in [3.63, 3.8) is 0 Å². The smallest absolute Gasteiger partial charge is 0.385 e. The molecular weight excluding hydrogens is 389 g/mol. The van der Waals surface area contributed by atoms with Crippen LogP contribution in [0.25, 0.3) is 11.2 Å². The zero-order valence-electron chi connectivity index (χ0n) is 13.5. The Hall–Kier alpha value is -1.31. The van der Waals surface area contributed by atoms with Crippen LogP contribution < -0.4 is 11.3 Å². The highest BCUT2D eigenvalue weighted by atomic mass is 32.2. The molecule has 26 heavy (non-hydrogen) atoms. The standard InChI is InChI=1S/C12H16N5O7PS/c1-2-26-12-14-5-8(15-11(13)16-9(5)19)17(12)10-6(18)7-4(23-10)3-22-25(20,21)24-7/h4,6-7,10,18,20-21H,2-3H2,1H3,(H2-,13,15,16,19)/p+1/t4?,6?,7-,10-/m1/s1. The van der Waals surface area contributed by atoms with Gasteiger partial charge in [0.1, 0.15) is 18.8 Å². The average molecular weight is 406 g/mol. The highest BCUT2D eigenvalue weighted by Crippen LogP contribution is 2.59. The maximum atomic E-state index is 12.1. The Bertz CT molecular complexity index is 904. The topological polar surface area (TPSA) is 178 Å². The Balaban J connectivity index is 1.81. The number of fused-ring (bicyclic) bond motifs is 2. The summed E-state index contributed by atoms with van der Waals surface area (Å²) >= 11 is 1.33. The molecule has 14 heteroatoms. The molecule has 0 aliphatic carbocycles. The third-order valence-corrected chi connectivity index (χ3v) is 5.88. The quantitative estimate of drug-likeness (QED) is 0.317. The molecule has 2 aromatic heterocycles. The van der Waals surface area contributed by atoms with Gasteiger partial charge in [0.05, 0.1) is 0 Å². The maximum Gasteiger partial charge on any atom is 0.570 e. The summed E-state index contributed by atoms with van der Waals surface area (Å²) in [7, 11) is -4.00. The Morgan fingerprint density at radius 1 is 1.46 bits per heavy atom. The molecule has 4 heterocycles. The minimum Gasteiger partial charge on any atom is -0.385 e. The number of aromatic nitrogens is 4. The normalized spacial score (nSPS) is 30.6. The van der Waals surface area contributed by atoms with Crippen LogP contribution in [-0.2, 0) is 13.8 Å².